The van der Waals surface area contributed by atoms with Gasteiger partial charge in [-0.15, -0.1) is 0 Å². The van der Waals surface area contributed by atoms with Crippen molar-refractivity contribution >= 4 is 41.4 Å². The van der Waals surface area contributed by atoms with Gasteiger partial charge in [0, 0.05) is 28.2 Å². The smallest absolute Gasteiger partial charge is 0.245 e. The highest BCUT2D eigenvalue weighted by Gasteiger charge is 2.54. The Hall–Kier alpha value is -3.71. The molecule has 300 valence electrons. The molecule has 0 aromatic rings. The van der Waals surface area contributed by atoms with E-state index >= 15 is 0 Å². The Morgan fingerprint density at radius 1 is 0.453 bits per heavy atom. The minimum Gasteiger partial charge on any atom is -0.343 e. The summed E-state index contributed by atoms with van der Waals surface area (Å²) in [7, 11) is 6.04. The molecule has 1 heterocycles. The fourth-order valence-corrected chi connectivity index (χ4v) is 7.91. The Morgan fingerprint density at radius 3 is 1.19 bits per heavy atom. The van der Waals surface area contributed by atoms with Crippen LogP contribution in [0.4, 0.5) is 0 Å². The third-order valence-electron chi connectivity index (χ3n) is 12.7. The summed E-state index contributed by atoms with van der Waals surface area (Å²) in [5.41, 5.74) is 0. The van der Waals surface area contributed by atoms with E-state index in [0.717, 1.165) is 0 Å². The lowest BCUT2D eigenvalue weighted by atomic mass is 9.99. The molecule has 3 rings (SSSR count). The highest BCUT2D eigenvalue weighted by Crippen LogP contribution is 2.49. The lowest BCUT2D eigenvalue weighted by molar-refractivity contribution is -0.150. The van der Waals surface area contributed by atoms with Crippen molar-refractivity contribution in [2.75, 3.05) is 28.2 Å². The first-order valence-corrected chi connectivity index (χ1v) is 19.4. The number of rotatable bonds is 6. The van der Waals surface area contributed by atoms with E-state index in [9.17, 15) is 33.6 Å². The number of carbonyl (C=O) groups excluding carboxylic acids is 7. The Balaban J connectivity index is 2.12. The van der Waals surface area contributed by atoms with Crippen molar-refractivity contribution in [2.24, 2.45) is 47.3 Å². The first-order chi connectivity index (χ1) is 24.5. The van der Waals surface area contributed by atoms with Crippen LogP contribution in [0, 0.1) is 47.3 Å². The zero-order valence-corrected chi connectivity index (χ0v) is 34.7. The van der Waals surface area contributed by atoms with Crippen molar-refractivity contribution in [1.29, 1.82) is 0 Å². The fourth-order valence-electron chi connectivity index (χ4n) is 7.91. The Labute approximate surface area is 316 Å². The molecule has 7 amide bonds. The first-order valence-electron chi connectivity index (χ1n) is 19.4. The molecular weight excluding hydrogens is 678 g/mol. The van der Waals surface area contributed by atoms with Crippen molar-refractivity contribution in [1.82, 2.24) is 35.6 Å². The standard InChI is InChI=1S/C39H67N7O7/c1-18(2)16-27-34(48)41-31(29-20(5)21(29)6)38(52)45(14)26(11)37(51)46(15)28(17-19(3)4)35(49)42-32(30-22(7)23(30)8)39(53)44(13)25(10)36(50)43(12)24(9)33(47)40-27/h18-32H,16-17H2,1-15H3,(H,40,47)(H,41,48)(H,42,49)/t20-,21-,22-,23-,24+,25-,26-,27+,28-,31+,32-/m0/s1. The van der Waals surface area contributed by atoms with Crippen molar-refractivity contribution in [3.8, 4) is 0 Å². The van der Waals surface area contributed by atoms with Crippen LogP contribution in [0.25, 0.3) is 0 Å². The summed E-state index contributed by atoms with van der Waals surface area (Å²) in [6, 6.07) is -6.85. The molecule has 14 heteroatoms. The molecule has 2 aliphatic carbocycles. The zero-order chi connectivity index (χ0) is 40.5. The molecule has 3 aliphatic rings. The highest BCUT2D eigenvalue weighted by molar-refractivity contribution is 5.98. The van der Waals surface area contributed by atoms with Crippen LogP contribution >= 0.6 is 0 Å². The molecule has 11 atom stereocenters. The molecule has 0 radical (unpaired) electrons. The second-order valence-corrected chi connectivity index (χ2v) is 17.2. The van der Waals surface area contributed by atoms with Crippen LogP contribution in [-0.4, -0.2) is 131 Å². The normalized spacial score (nSPS) is 37.5. The number of hydrogen-bond acceptors (Lipinski definition) is 7. The number of carbonyl (C=O) groups is 7. The lowest BCUT2D eigenvalue weighted by Gasteiger charge is -2.36. The van der Waals surface area contributed by atoms with Crippen LogP contribution in [0.3, 0.4) is 0 Å². The largest absolute Gasteiger partial charge is 0.343 e. The summed E-state index contributed by atoms with van der Waals surface area (Å²) < 4.78 is 0. The van der Waals surface area contributed by atoms with E-state index in [4.69, 9.17) is 0 Å². The third kappa shape index (κ3) is 9.51. The lowest BCUT2D eigenvalue weighted by Crippen LogP contribution is -2.60. The molecule has 1 aliphatic heterocycles. The second kappa shape index (κ2) is 17.2. The average Bonchev–Trinajstić information content (AvgIpc) is 3.92. The van der Waals surface area contributed by atoms with Gasteiger partial charge in [0.05, 0.1) is 0 Å². The Morgan fingerprint density at radius 2 is 0.811 bits per heavy atom. The molecule has 0 unspecified atom stereocenters. The minimum atomic E-state index is -1.00. The van der Waals surface area contributed by atoms with Gasteiger partial charge < -0.3 is 35.6 Å². The molecule has 2 saturated carbocycles. The Kier molecular flexibility index (Phi) is 14.2. The summed E-state index contributed by atoms with van der Waals surface area (Å²) in [6.07, 6.45) is 0.579. The minimum absolute atomic E-state index is 0.00128. The van der Waals surface area contributed by atoms with Crippen LogP contribution in [0.5, 0.6) is 0 Å². The number of nitrogens with one attached hydrogen (secondary N) is 3. The van der Waals surface area contributed by atoms with Crippen LogP contribution in [-0.2, 0) is 33.6 Å². The molecule has 3 fully saturated rings. The van der Waals surface area contributed by atoms with E-state index in [0.29, 0.717) is 6.42 Å². The van der Waals surface area contributed by atoms with Gasteiger partial charge in [0.15, 0.2) is 0 Å². The molecule has 0 aromatic carbocycles. The molecule has 14 nitrogen and oxygen atoms in total. The highest BCUT2D eigenvalue weighted by atomic mass is 16.2. The monoisotopic (exact) mass is 746 g/mol. The number of hydrogen-bond donors (Lipinski definition) is 3. The molecule has 0 spiro atoms. The third-order valence-corrected chi connectivity index (χ3v) is 12.7. The van der Waals surface area contributed by atoms with E-state index in [-0.39, 0.29) is 53.8 Å². The van der Waals surface area contributed by atoms with Gasteiger partial charge in [-0.3, -0.25) is 33.6 Å². The first kappa shape index (κ1) is 43.7. The maximum atomic E-state index is 14.3. The zero-order valence-electron chi connectivity index (χ0n) is 34.7. The van der Waals surface area contributed by atoms with Crippen LogP contribution < -0.4 is 16.0 Å². The van der Waals surface area contributed by atoms with E-state index in [1.807, 2.05) is 55.4 Å². The molecule has 0 aromatic heterocycles. The predicted octanol–water partition coefficient (Wildman–Crippen LogP) is 1.72. The van der Waals surface area contributed by atoms with Gasteiger partial charge in [0.25, 0.3) is 0 Å². The van der Waals surface area contributed by atoms with Gasteiger partial charge in [-0.25, -0.2) is 0 Å². The number of nitrogens with zero attached hydrogens (tertiary/aromatic N) is 4. The maximum absolute atomic E-state index is 14.3. The molecule has 0 bridgehead atoms. The van der Waals surface area contributed by atoms with E-state index in [1.165, 1.54) is 47.8 Å². The fraction of sp³-hybridized carbons (Fsp3) is 0.821. The van der Waals surface area contributed by atoms with Crippen molar-refractivity contribution < 1.29 is 33.6 Å². The quantitative estimate of drug-likeness (QED) is 0.372. The summed E-state index contributed by atoms with van der Waals surface area (Å²) in [4.78, 5) is 103. The molecule has 53 heavy (non-hydrogen) atoms. The van der Waals surface area contributed by atoms with Crippen LogP contribution in [0.2, 0.25) is 0 Å². The SMILES string of the molecule is CC(C)C[C@H]1NC(=O)[C@@H](C)N(C)C(=O)[C@H](C)N(C)C(=O)[C@H](C2[C@@H](C)[C@@H]2C)NC(=O)[C@H](CC(C)C)N(C)C(=O)[C@H](C)N(C)C(=O)[C@@H](C2[C@@H](C)[C@@H]2C)NC1=O. The summed E-state index contributed by atoms with van der Waals surface area (Å²) in [5.74, 6) is -3.30. The molecular formula is C39H67N7O7. The van der Waals surface area contributed by atoms with Crippen molar-refractivity contribution in [2.45, 2.75) is 131 Å². The van der Waals surface area contributed by atoms with E-state index < -0.39 is 83.6 Å². The molecule has 3 N–H and O–H groups in total. The second-order valence-electron chi connectivity index (χ2n) is 17.2. The molecule has 1 saturated heterocycles. The average molecular weight is 746 g/mol. The van der Waals surface area contributed by atoms with E-state index in [1.54, 1.807) is 20.8 Å². The summed E-state index contributed by atoms with van der Waals surface area (Å²) >= 11 is 0. The van der Waals surface area contributed by atoms with Gasteiger partial charge in [-0.1, -0.05) is 55.4 Å². The Bertz CT molecular complexity index is 1400. The van der Waals surface area contributed by atoms with Crippen molar-refractivity contribution in [3.63, 3.8) is 0 Å². The summed E-state index contributed by atoms with van der Waals surface area (Å²) in [6.45, 7) is 20.5. The van der Waals surface area contributed by atoms with Gasteiger partial charge in [-0.05, 0) is 81.0 Å². The van der Waals surface area contributed by atoms with Gasteiger partial charge >= 0.3 is 0 Å². The van der Waals surface area contributed by atoms with Crippen molar-refractivity contribution in [3.05, 3.63) is 0 Å². The number of likely N-dealkylation sites (N-methyl/N-ethyl adjacent to an activating group) is 4. The summed E-state index contributed by atoms with van der Waals surface area (Å²) in [5, 5.41) is 8.74. The van der Waals surface area contributed by atoms with Crippen LogP contribution in [0.15, 0.2) is 0 Å². The topological polar surface area (TPSA) is 169 Å². The maximum Gasteiger partial charge on any atom is 0.245 e. The predicted molar refractivity (Wildman–Crippen MR) is 202 cm³/mol. The number of amides is 7. The van der Waals surface area contributed by atoms with Gasteiger partial charge in [0.1, 0.15) is 42.3 Å². The van der Waals surface area contributed by atoms with E-state index in [2.05, 4.69) is 16.0 Å². The van der Waals surface area contributed by atoms with Crippen LogP contribution in [0.1, 0.15) is 89.0 Å². The van der Waals surface area contributed by atoms with Gasteiger partial charge in [-0.2, -0.15) is 0 Å². The van der Waals surface area contributed by atoms with Gasteiger partial charge in [0.2, 0.25) is 41.4 Å².